The third-order valence-electron chi connectivity index (χ3n) is 4.04. The Morgan fingerprint density at radius 2 is 2.23 bits per heavy atom. The number of hydrogen-bond acceptors (Lipinski definition) is 4. The molecule has 0 aliphatic carbocycles. The molecule has 22 heavy (non-hydrogen) atoms. The summed E-state index contributed by atoms with van der Waals surface area (Å²) in [5, 5.41) is 17.2. The van der Waals surface area contributed by atoms with Crippen molar-refractivity contribution in [1.29, 1.82) is 0 Å². The summed E-state index contributed by atoms with van der Waals surface area (Å²) in [6.07, 6.45) is 2.12. The van der Waals surface area contributed by atoms with Crippen molar-refractivity contribution < 1.29 is 9.72 Å². The number of halogens is 1. The van der Waals surface area contributed by atoms with E-state index in [-0.39, 0.29) is 35.0 Å². The number of piperidine rings is 1. The van der Waals surface area contributed by atoms with Crippen LogP contribution in [0.3, 0.4) is 0 Å². The lowest BCUT2D eigenvalue weighted by molar-refractivity contribution is -0.385. The van der Waals surface area contributed by atoms with Gasteiger partial charge in [-0.1, -0.05) is 19.1 Å². The fraction of sp³-hybridized carbons (Fsp3) is 0.533. The lowest BCUT2D eigenvalue weighted by Gasteiger charge is -2.34. The molecular formula is C15H22ClN3O3. The van der Waals surface area contributed by atoms with E-state index in [1.807, 2.05) is 0 Å². The van der Waals surface area contributed by atoms with Gasteiger partial charge in [0.05, 0.1) is 4.92 Å². The summed E-state index contributed by atoms with van der Waals surface area (Å²) < 4.78 is 0. The van der Waals surface area contributed by atoms with Gasteiger partial charge in [0.1, 0.15) is 5.56 Å². The maximum Gasteiger partial charge on any atom is 0.282 e. The first kappa shape index (κ1) is 18.4. The highest BCUT2D eigenvalue weighted by Gasteiger charge is 2.29. The van der Waals surface area contributed by atoms with Crippen LogP contribution in [0.5, 0.6) is 0 Å². The maximum absolute atomic E-state index is 12.3. The summed E-state index contributed by atoms with van der Waals surface area (Å²) in [5.74, 6) is -0.369. The molecule has 0 aromatic heterocycles. The number of carbonyl (C=O) groups excluding carboxylic acids is 1. The number of nitrogens with zero attached hydrogens (tertiary/aromatic N) is 1. The van der Waals surface area contributed by atoms with Gasteiger partial charge in [0.25, 0.3) is 11.6 Å². The zero-order valence-corrected chi connectivity index (χ0v) is 13.7. The number of nitrogens with one attached hydrogen (secondary N) is 2. The minimum atomic E-state index is -0.508. The van der Waals surface area contributed by atoms with Crippen molar-refractivity contribution in [3.8, 4) is 0 Å². The fourth-order valence-corrected chi connectivity index (χ4v) is 2.75. The van der Waals surface area contributed by atoms with E-state index in [9.17, 15) is 14.9 Å². The van der Waals surface area contributed by atoms with E-state index in [1.165, 1.54) is 6.07 Å². The van der Waals surface area contributed by atoms with E-state index in [4.69, 9.17) is 0 Å². The molecule has 1 fully saturated rings. The molecule has 1 aliphatic heterocycles. The lowest BCUT2D eigenvalue weighted by Crippen LogP contribution is -2.45. The van der Waals surface area contributed by atoms with Crippen molar-refractivity contribution in [1.82, 2.24) is 10.6 Å². The third-order valence-corrected chi connectivity index (χ3v) is 4.04. The number of nitro benzene ring substituents is 1. The predicted octanol–water partition coefficient (Wildman–Crippen LogP) is 2.44. The Morgan fingerprint density at radius 1 is 1.50 bits per heavy atom. The first-order chi connectivity index (χ1) is 9.93. The highest BCUT2D eigenvalue weighted by Crippen LogP contribution is 2.25. The van der Waals surface area contributed by atoms with E-state index in [2.05, 4.69) is 17.6 Å². The zero-order chi connectivity index (χ0) is 15.5. The van der Waals surface area contributed by atoms with Crippen LogP contribution in [0.2, 0.25) is 0 Å². The number of rotatable bonds is 4. The Balaban J connectivity index is 0.00000242. The van der Waals surface area contributed by atoms with Crippen LogP contribution in [0.1, 0.15) is 35.7 Å². The van der Waals surface area contributed by atoms with Gasteiger partial charge < -0.3 is 10.6 Å². The van der Waals surface area contributed by atoms with Crippen LogP contribution in [-0.4, -0.2) is 30.5 Å². The summed E-state index contributed by atoms with van der Waals surface area (Å²) in [7, 11) is 0. The standard InChI is InChI=1S/C15H21N3O3.ClH/c1-11-5-3-6-12(18(20)21)13(11)14(19)17-10-15(2)7-4-8-16-9-15;/h3,5-6,16H,4,7-10H2,1-2H3,(H,17,19);1H. The Bertz CT molecular complexity index is 557. The summed E-state index contributed by atoms with van der Waals surface area (Å²) in [5.41, 5.74) is 0.647. The molecule has 0 bridgehead atoms. The molecule has 1 atom stereocenters. The summed E-state index contributed by atoms with van der Waals surface area (Å²) >= 11 is 0. The van der Waals surface area contributed by atoms with Crippen LogP contribution in [-0.2, 0) is 0 Å². The molecule has 2 rings (SSSR count). The van der Waals surface area contributed by atoms with Crippen LogP contribution in [0.25, 0.3) is 0 Å². The van der Waals surface area contributed by atoms with Gasteiger partial charge in [0.15, 0.2) is 0 Å². The van der Waals surface area contributed by atoms with Crippen LogP contribution in [0.15, 0.2) is 18.2 Å². The highest BCUT2D eigenvalue weighted by atomic mass is 35.5. The van der Waals surface area contributed by atoms with Crippen LogP contribution in [0.4, 0.5) is 5.69 Å². The second-order valence-electron chi connectivity index (χ2n) is 6.00. The van der Waals surface area contributed by atoms with Crippen molar-refractivity contribution in [3.05, 3.63) is 39.4 Å². The van der Waals surface area contributed by atoms with Gasteiger partial charge in [-0.3, -0.25) is 14.9 Å². The first-order valence-electron chi connectivity index (χ1n) is 7.16. The normalized spacial score (nSPS) is 20.8. The second-order valence-corrected chi connectivity index (χ2v) is 6.00. The lowest BCUT2D eigenvalue weighted by atomic mass is 9.82. The van der Waals surface area contributed by atoms with E-state index < -0.39 is 4.92 Å². The number of amides is 1. The smallest absolute Gasteiger partial charge is 0.282 e. The van der Waals surface area contributed by atoms with Gasteiger partial charge in [-0.05, 0) is 37.3 Å². The molecule has 1 aromatic rings. The first-order valence-corrected chi connectivity index (χ1v) is 7.16. The average molecular weight is 328 g/mol. The molecule has 7 heteroatoms. The SMILES string of the molecule is Cc1cccc([N+](=O)[O-])c1C(=O)NCC1(C)CCCNC1.Cl. The molecule has 122 valence electrons. The molecule has 1 aliphatic rings. The molecule has 6 nitrogen and oxygen atoms in total. The van der Waals surface area contributed by atoms with E-state index in [0.717, 1.165) is 25.9 Å². The zero-order valence-electron chi connectivity index (χ0n) is 12.8. The van der Waals surface area contributed by atoms with Crippen molar-refractivity contribution in [2.45, 2.75) is 26.7 Å². The largest absolute Gasteiger partial charge is 0.351 e. The molecule has 1 aromatic carbocycles. The molecule has 1 saturated heterocycles. The van der Waals surface area contributed by atoms with E-state index in [1.54, 1.807) is 19.1 Å². The van der Waals surface area contributed by atoms with Crippen molar-refractivity contribution in [2.75, 3.05) is 19.6 Å². The topological polar surface area (TPSA) is 84.3 Å². The third kappa shape index (κ3) is 4.18. The van der Waals surface area contributed by atoms with Gasteiger partial charge >= 0.3 is 0 Å². The molecule has 0 spiro atoms. The van der Waals surface area contributed by atoms with Gasteiger partial charge in [0.2, 0.25) is 0 Å². The van der Waals surface area contributed by atoms with Gasteiger partial charge in [-0.25, -0.2) is 0 Å². The van der Waals surface area contributed by atoms with Crippen molar-refractivity contribution >= 4 is 24.0 Å². The van der Waals surface area contributed by atoms with Crippen LogP contribution < -0.4 is 10.6 Å². The minimum absolute atomic E-state index is 0. The predicted molar refractivity (Wildman–Crippen MR) is 87.6 cm³/mol. The Labute approximate surface area is 136 Å². The van der Waals surface area contributed by atoms with E-state index in [0.29, 0.717) is 12.1 Å². The Morgan fingerprint density at radius 3 is 2.82 bits per heavy atom. The Hall–Kier alpha value is -1.66. The second kappa shape index (κ2) is 7.56. The summed E-state index contributed by atoms with van der Waals surface area (Å²) in [4.78, 5) is 22.9. The average Bonchev–Trinajstić information content (AvgIpc) is 2.45. The molecular weight excluding hydrogens is 306 g/mol. The molecule has 0 radical (unpaired) electrons. The van der Waals surface area contributed by atoms with Crippen molar-refractivity contribution in [2.24, 2.45) is 5.41 Å². The molecule has 1 amide bonds. The van der Waals surface area contributed by atoms with Gasteiger partial charge in [-0.15, -0.1) is 12.4 Å². The summed E-state index contributed by atoms with van der Waals surface area (Å²) in [6, 6.07) is 4.67. The maximum atomic E-state index is 12.3. The molecule has 0 saturated carbocycles. The van der Waals surface area contributed by atoms with Gasteiger partial charge in [-0.2, -0.15) is 0 Å². The van der Waals surface area contributed by atoms with Gasteiger partial charge in [0, 0.05) is 19.2 Å². The summed E-state index contributed by atoms with van der Waals surface area (Å²) in [6.45, 7) is 6.21. The number of aryl methyl sites for hydroxylation is 1. The highest BCUT2D eigenvalue weighted by molar-refractivity contribution is 5.99. The number of hydrogen-bond donors (Lipinski definition) is 2. The van der Waals surface area contributed by atoms with Crippen molar-refractivity contribution in [3.63, 3.8) is 0 Å². The Kier molecular flexibility index (Phi) is 6.32. The quantitative estimate of drug-likeness (QED) is 0.657. The molecule has 1 unspecified atom stereocenters. The van der Waals surface area contributed by atoms with Crippen LogP contribution in [0, 0.1) is 22.5 Å². The number of carbonyl (C=O) groups is 1. The number of benzene rings is 1. The number of nitro groups is 1. The van der Waals surface area contributed by atoms with Crippen LogP contribution >= 0.6 is 12.4 Å². The minimum Gasteiger partial charge on any atom is -0.351 e. The van der Waals surface area contributed by atoms with E-state index >= 15 is 0 Å². The molecule has 2 N–H and O–H groups in total. The molecule has 1 heterocycles. The monoisotopic (exact) mass is 327 g/mol. The fourth-order valence-electron chi connectivity index (χ4n) is 2.75.